The Balaban J connectivity index is 1.87. The number of rotatable bonds is 6. The molecule has 2 rings (SSSR count). The fourth-order valence-electron chi connectivity index (χ4n) is 2.19. The summed E-state index contributed by atoms with van der Waals surface area (Å²) in [5, 5.41) is 13.1. The number of phenols is 1. The highest BCUT2D eigenvalue weighted by Crippen LogP contribution is 2.24. The van der Waals surface area contributed by atoms with Crippen LogP contribution in [-0.2, 0) is 13.0 Å². The monoisotopic (exact) mass is 347 g/mol. The number of aromatic hydroxyl groups is 1. The molecule has 2 aromatic carbocycles. The fourth-order valence-corrected chi connectivity index (χ4v) is 2.62. The van der Waals surface area contributed by atoms with Gasteiger partial charge in [-0.25, -0.2) is 0 Å². The molecule has 0 heterocycles. The van der Waals surface area contributed by atoms with Crippen molar-refractivity contribution in [1.29, 1.82) is 0 Å². The standard InChI is InChI=1S/C18H22BrNO/c1-18(2,11-10-14-6-4-3-5-7-14)20-13-15-8-9-17(21)16(19)12-15/h3-9,12,20-21H,10-11,13H2,1-2H3. The molecule has 0 spiro atoms. The van der Waals surface area contributed by atoms with Crippen LogP contribution in [-0.4, -0.2) is 10.6 Å². The lowest BCUT2D eigenvalue weighted by molar-refractivity contribution is 0.360. The molecule has 0 amide bonds. The predicted molar refractivity (Wildman–Crippen MR) is 91.5 cm³/mol. The number of benzene rings is 2. The lowest BCUT2D eigenvalue weighted by atomic mass is 9.95. The summed E-state index contributed by atoms with van der Waals surface area (Å²) >= 11 is 3.35. The van der Waals surface area contributed by atoms with Gasteiger partial charge < -0.3 is 10.4 Å². The lowest BCUT2D eigenvalue weighted by Gasteiger charge is -2.26. The second kappa shape index (κ2) is 7.10. The van der Waals surface area contributed by atoms with Gasteiger partial charge in [-0.15, -0.1) is 0 Å². The van der Waals surface area contributed by atoms with Crippen molar-refractivity contribution in [2.75, 3.05) is 0 Å². The Morgan fingerprint density at radius 3 is 2.43 bits per heavy atom. The molecule has 2 aromatic rings. The lowest BCUT2D eigenvalue weighted by Crippen LogP contribution is -2.39. The van der Waals surface area contributed by atoms with Crippen LogP contribution in [0.2, 0.25) is 0 Å². The first-order chi connectivity index (χ1) is 9.96. The van der Waals surface area contributed by atoms with Crippen LogP contribution in [0, 0.1) is 0 Å². The van der Waals surface area contributed by atoms with E-state index in [2.05, 4.69) is 65.4 Å². The largest absolute Gasteiger partial charge is 0.507 e. The summed E-state index contributed by atoms with van der Waals surface area (Å²) in [4.78, 5) is 0. The van der Waals surface area contributed by atoms with Gasteiger partial charge in [-0.1, -0.05) is 36.4 Å². The number of aryl methyl sites for hydroxylation is 1. The zero-order valence-electron chi connectivity index (χ0n) is 12.6. The van der Waals surface area contributed by atoms with Gasteiger partial charge in [0.05, 0.1) is 4.47 Å². The van der Waals surface area contributed by atoms with Crippen molar-refractivity contribution in [3.05, 3.63) is 64.1 Å². The van der Waals surface area contributed by atoms with Crippen molar-refractivity contribution in [1.82, 2.24) is 5.32 Å². The van der Waals surface area contributed by atoms with Crippen LogP contribution in [0.5, 0.6) is 5.75 Å². The second-order valence-electron chi connectivity index (χ2n) is 6.01. The van der Waals surface area contributed by atoms with E-state index in [9.17, 15) is 5.11 Å². The van der Waals surface area contributed by atoms with E-state index in [1.165, 1.54) is 5.56 Å². The van der Waals surface area contributed by atoms with Crippen molar-refractivity contribution < 1.29 is 5.11 Å². The molecule has 0 aliphatic heterocycles. The number of phenolic OH excluding ortho intramolecular Hbond substituents is 1. The third-order valence-electron chi connectivity index (χ3n) is 3.66. The molecule has 0 aliphatic rings. The molecule has 0 aliphatic carbocycles. The van der Waals surface area contributed by atoms with Crippen LogP contribution < -0.4 is 5.32 Å². The summed E-state index contributed by atoms with van der Waals surface area (Å²) in [5.41, 5.74) is 2.60. The summed E-state index contributed by atoms with van der Waals surface area (Å²) in [6.45, 7) is 5.25. The van der Waals surface area contributed by atoms with Gasteiger partial charge in [0.1, 0.15) is 5.75 Å². The molecule has 0 saturated heterocycles. The first-order valence-electron chi connectivity index (χ1n) is 7.23. The molecule has 112 valence electrons. The van der Waals surface area contributed by atoms with Gasteiger partial charge in [0.2, 0.25) is 0 Å². The molecule has 0 aromatic heterocycles. The van der Waals surface area contributed by atoms with E-state index in [1.807, 2.05) is 12.1 Å². The fraction of sp³-hybridized carbons (Fsp3) is 0.333. The van der Waals surface area contributed by atoms with Crippen molar-refractivity contribution in [2.45, 2.75) is 38.8 Å². The van der Waals surface area contributed by atoms with Gasteiger partial charge in [-0.05, 0) is 65.9 Å². The summed E-state index contributed by atoms with van der Waals surface area (Å²) in [6, 6.07) is 16.2. The molecule has 0 radical (unpaired) electrons. The number of halogens is 1. The molecule has 2 N–H and O–H groups in total. The molecule has 3 heteroatoms. The Kier molecular flexibility index (Phi) is 5.43. The Morgan fingerprint density at radius 1 is 1.05 bits per heavy atom. The number of hydrogen-bond donors (Lipinski definition) is 2. The number of nitrogens with one attached hydrogen (secondary N) is 1. The van der Waals surface area contributed by atoms with Crippen molar-refractivity contribution >= 4 is 15.9 Å². The third-order valence-corrected chi connectivity index (χ3v) is 4.30. The van der Waals surface area contributed by atoms with Crippen LogP contribution in [0.1, 0.15) is 31.4 Å². The molecule has 2 nitrogen and oxygen atoms in total. The first-order valence-corrected chi connectivity index (χ1v) is 8.02. The summed E-state index contributed by atoms with van der Waals surface area (Å²) in [6.07, 6.45) is 2.15. The van der Waals surface area contributed by atoms with Crippen LogP contribution in [0.4, 0.5) is 0 Å². The van der Waals surface area contributed by atoms with E-state index in [1.54, 1.807) is 6.07 Å². The molecule has 0 unspecified atom stereocenters. The minimum Gasteiger partial charge on any atom is -0.507 e. The van der Waals surface area contributed by atoms with Crippen molar-refractivity contribution in [2.24, 2.45) is 0 Å². The summed E-state index contributed by atoms with van der Waals surface area (Å²) in [7, 11) is 0. The van der Waals surface area contributed by atoms with Gasteiger partial charge >= 0.3 is 0 Å². The average Bonchev–Trinajstić information content (AvgIpc) is 2.48. The highest BCUT2D eigenvalue weighted by molar-refractivity contribution is 9.10. The third kappa shape index (κ3) is 5.18. The maximum atomic E-state index is 9.51. The topological polar surface area (TPSA) is 32.3 Å². The first kappa shape index (κ1) is 16.1. The molecular weight excluding hydrogens is 326 g/mol. The van der Waals surface area contributed by atoms with E-state index in [0.29, 0.717) is 0 Å². The van der Waals surface area contributed by atoms with E-state index in [0.717, 1.165) is 29.4 Å². The zero-order chi connectivity index (χ0) is 15.3. The van der Waals surface area contributed by atoms with E-state index < -0.39 is 0 Å². The van der Waals surface area contributed by atoms with E-state index in [-0.39, 0.29) is 11.3 Å². The Labute approximate surface area is 135 Å². The van der Waals surface area contributed by atoms with Gasteiger partial charge in [-0.3, -0.25) is 0 Å². The molecular formula is C18H22BrNO. The Bertz CT molecular complexity index is 581. The smallest absolute Gasteiger partial charge is 0.129 e. The van der Waals surface area contributed by atoms with Crippen LogP contribution in [0.15, 0.2) is 53.0 Å². The Hall–Kier alpha value is -1.32. The SMILES string of the molecule is CC(C)(CCc1ccccc1)NCc1ccc(O)c(Br)c1. The molecule has 0 saturated carbocycles. The average molecular weight is 348 g/mol. The summed E-state index contributed by atoms with van der Waals surface area (Å²) in [5.74, 6) is 0.280. The van der Waals surface area contributed by atoms with Crippen molar-refractivity contribution in [3.8, 4) is 5.75 Å². The summed E-state index contributed by atoms with van der Waals surface area (Å²) < 4.78 is 0.740. The second-order valence-corrected chi connectivity index (χ2v) is 6.86. The minimum absolute atomic E-state index is 0.0696. The van der Waals surface area contributed by atoms with Crippen LogP contribution in [0.3, 0.4) is 0 Å². The van der Waals surface area contributed by atoms with Gasteiger partial charge in [0.25, 0.3) is 0 Å². The van der Waals surface area contributed by atoms with Crippen LogP contribution >= 0.6 is 15.9 Å². The quantitative estimate of drug-likeness (QED) is 0.796. The molecule has 21 heavy (non-hydrogen) atoms. The minimum atomic E-state index is 0.0696. The van der Waals surface area contributed by atoms with Crippen molar-refractivity contribution in [3.63, 3.8) is 0 Å². The highest BCUT2D eigenvalue weighted by Gasteiger charge is 2.16. The highest BCUT2D eigenvalue weighted by atomic mass is 79.9. The Morgan fingerprint density at radius 2 is 1.76 bits per heavy atom. The number of hydrogen-bond acceptors (Lipinski definition) is 2. The van der Waals surface area contributed by atoms with Gasteiger partial charge in [0, 0.05) is 12.1 Å². The predicted octanol–water partition coefficient (Wildman–Crippen LogP) is 4.66. The van der Waals surface area contributed by atoms with Crippen LogP contribution in [0.25, 0.3) is 0 Å². The van der Waals surface area contributed by atoms with Gasteiger partial charge in [0.15, 0.2) is 0 Å². The molecule has 0 atom stereocenters. The maximum Gasteiger partial charge on any atom is 0.129 e. The van der Waals surface area contributed by atoms with Gasteiger partial charge in [-0.2, -0.15) is 0 Å². The molecule has 0 fully saturated rings. The van der Waals surface area contributed by atoms with E-state index >= 15 is 0 Å². The zero-order valence-corrected chi connectivity index (χ0v) is 14.2. The maximum absolute atomic E-state index is 9.51. The molecule has 0 bridgehead atoms. The van der Waals surface area contributed by atoms with E-state index in [4.69, 9.17) is 0 Å². The normalized spacial score (nSPS) is 11.6.